The Morgan fingerprint density at radius 2 is 2.19 bits per heavy atom. The molecule has 0 bridgehead atoms. The molecule has 4 rings (SSSR count). The van der Waals surface area contributed by atoms with Gasteiger partial charge in [0.2, 0.25) is 0 Å². The highest BCUT2D eigenvalue weighted by atomic mass is 15.4. The van der Waals surface area contributed by atoms with Crippen LogP contribution in [0.2, 0.25) is 0 Å². The first-order valence-electron chi connectivity index (χ1n) is 9.09. The lowest BCUT2D eigenvalue weighted by Crippen LogP contribution is -2.28. The summed E-state index contributed by atoms with van der Waals surface area (Å²) in [6.07, 6.45) is 7.35. The Morgan fingerprint density at radius 3 is 3.08 bits per heavy atom. The summed E-state index contributed by atoms with van der Waals surface area (Å²) in [5.74, 6) is 0. The van der Waals surface area contributed by atoms with Gasteiger partial charge < -0.3 is 5.73 Å². The fraction of sp³-hybridized carbons (Fsp3) is 0.350. The van der Waals surface area contributed by atoms with E-state index in [0.717, 1.165) is 36.3 Å². The van der Waals surface area contributed by atoms with Gasteiger partial charge in [-0.3, -0.25) is 9.88 Å². The smallest absolute Gasteiger partial charge is 0.0971 e. The molecule has 26 heavy (non-hydrogen) atoms. The number of aromatic nitrogens is 4. The van der Waals surface area contributed by atoms with E-state index in [9.17, 15) is 0 Å². The number of hydrogen-bond donors (Lipinski definition) is 1. The standard InChI is InChI=1S/C20H24N6/c1-25(19-9-3-6-16-7-4-10-22-20(16)19)13-17-14-26(24-23-17)18-8-2-5-15(11-18)12-21/h2,4-5,7-8,10-11,14,19H,3,6,9,12-13,21H2,1H3. The second-order valence-electron chi connectivity index (χ2n) is 6.90. The Balaban J connectivity index is 1.51. The molecule has 0 radical (unpaired) electrons. The van der Waals surface area contributed by atoms with Crippen LogP contribution in [0.3, 0.4) is 0 Å². The first-order chi connectivity index (χ1) is 12.7. The van der Waals surface area contributed by atoms with Crippen molar-refractivity contribution in [3.8, 4) is 5.69 Å². The number of nitrogens with two attached hydrogens (primary N) is 1. The zero-order valence-corrected chi connectivity index (χ0v) is 15.0. The molecule has 2 N–H and O–H groups in total. The van der Waals surface area contributed by atoms with Gasteiger partial charge in [0.1, 0.15) is 0 Å². The van der Waals surface area contributed by atoms with Gasteiger partial charge in [0.25, 0.3) is 0 Å². The largest absolute Gasteiger partial charge is 0.326 e. The molecule has 6 nitrogen and oxygen atoms in total. The summed E-state index contributed by atoms with van der Waals surface area (Å²) in [5.41, 5.74) is 11.3. The van der Waals surface area contributed by atoms with Crippen molar-refractivity contribution in [1.82, 2.24) is 24.9 Å². The molecule has 1 atom stereocenters. The third kappa shape index (κ3) is 3.38. The van der Waals surface area contributed by atoms with Crippen molar-refractivity contribution in [3.63, 3.8) is 0 Å². The van der Waals surface area contributed by atoms with E-state index in [0.29, 0.717) is 12.6 Å². The Bertz CT molecular complexity index is 887. The van der Waals surface area contributed by atoms with E-state index in [2.05, 4.69) is 33.3 Å². The molecule has 0 saturated heterocycles. The third-order valence-electron chi connectivity index (χ3n) is 5.06. The summed E-state index contributed by atoms with van der Waals surface area (Å²) in [7, 11) is 2.14. The van der Waals surface area contributed by atoms with Crippen LogP contribution in [-0.4, -0.2) is 31.9 Å². The summed E-state index contributed by atoms with van der Waals surface area (Å²) >= 11 is 0. The van der Waals surface area contributed by atoms with Gasteiger partial charge in [-0.25, -0.2) is 4.68 Å². The summed E-state index contributed by atoms with van der Waals surface area (Å²) in [6.45, 7) is 1.27. The molecule has 0 spiro atoms. The van der Waals surface area contributed by atoms with Gasteiger partial charge >= 0.3 is 0 Å². The molecule has 1 aliphatic carbocycles. The van der Waals surface area contributed by atoms with E-state index in [1.54, 1.807) is 0 Å². The van der Waals surface area contributed by atoms with Gasteiger partial charge in [0.15, 0.2) is 0 Å². The maximum atomic E-state index is 5.73. The van der Waals surface area contributed by atoms with Crippen molar-refractivity contribution in [2.24, 2.45) is 5.73 Å². The zero-order chi connectivity index (χ0) is 17.9. The minimum Gasteiger partial charge on any atom is -0.326 e. The van der Waals surface area contributed by atoms with Gasteiger partial charge in [-0.1, -0.05) is 23.4 Å². The predicted molar refractivity (Wildman–Crippen MR) is 101 cm³/mol. The van der Waals surface area contributed by atoms with Crippen LogP contribution in [0.1, 0.15) is 41.4 Å². The highest BCUT2D eigenvalue weighted by Crippen LogP contribution is 2.32. The summed E-state index contributed by atoms with van der Waals surface area (Å²) < 4.78 is 1.81. The van der Waals surface area contributed by atoms with E-state index in [-0.39, 0.29) is 0 Å². The van der Waals surface area contributed by atoms with Crippen molar-refractivity contribution < 1.29 is 0 Å². The molecule has 0 fully saturated rings. The number of pyridine rings is 1. The third-order valence-corrected chi connectivity index (χ3v) is 5.06. The van der Waals surface area contributed by atoms with Gasteiger partial charge in [0.05, 0.1) is 29.3 Å². The quantitative estimate of drug-likeness (QED) is 0.767. The van der Waals surface area contributed by atoms with Crippen molar-refractivity contribution >= 4 is 0 Å². The Kier molecular flexibility index (Phi) is 4.77. The van der Waals surface area contributed by atoms with E-state index >= 15 is 0 Å². The lowest BCUT2D eigenvalue weighted by Gasteiger charge is -2.31. The van der Waals surface area contributed by atoms with E-state index in [1.165, 1.54) is 17.7 Å². The first-order valence-corrected chi connectivity index (χ1v) is 9.09. The van der Waals surface area contributed by atoms with Crippen molar-refractivity contribution in [2.75, 3.05) is 7.05 Å². The number of aryl methyl sites for hydroxylation is 1. The maximum Gasteiger partial charge on any atom is 0.0971 e. The van der Waals surface area contributed by atoms with Crippen LogP contribution in [0, 0.1) is 0 Å². The molecule has 1 aromatic carbocycles. The average molecular weight is 348 g/mol. The maximum absolute atomic E-state index is 5.73. The van der Waals surface area contributed by atoms with Gasteiger partial charge in [-0.2, -0.15) is 0 Å². The second-order valence-corrected chi connectivity index (χ2v) is 6.90. The Hall–Kier alpha value is -2.57. The second kappa shape index (κ2) is 7.35. The minimum atomic E-state index is 0.339. The van der Waals surface area contributed by atoms with Crippen molar-refractivity contribution in [1.29, 1.82) is 0 Å². The molecule has 1 aliphatic rings. The van der Waals surface area contributed by atoms with Crippen LogP contribution in [0.4, 0.5) is 0 Å². The SMILES string of the molecule is CN(Cc1cn(-c2cccc(CN)c2)nn1)C1CCCc2cccnc21. The highest BCUT2D eigenvalue weighted by molar-refractivity contribution is 5.35. The first kappa shape index (κ1) is 16.9. The Labute approximate surface area is 153 Å². The minimum absolute atomic E-state index is 0.339. The highest BCUT2D eigenvalue weighted by Gasteiger charge is 2.25. The molecule has 2 aromatic heterocycles. The zero-order valence-electron chi connectivity index (χ0n) is 15.0. The van der Waals surface area contributed by atoms with E-state index in [1.807, 2.05) is 47.4 Å². The molecule has 6 heteroatoms. The number of fused-ring (bicyclic) bond motifs is 1. The van der Waals surface area contributed by atoms with E-state index < -0.39 is 0 Å². The molecule has 0 amide bonds. The predicted octanol–water partition coefficient (Wildman–Crippen LogP) is 2.63. The van der Waals surface area contributed by atoms with Crippen LogP contribution >= 0.6 is 0 Å². The molecular formula is C20H24N6. The monoisotopic (exact) mass is 348 g/mol. The fourth-order valence-electron chi connectivity index (χ4n) is 3.70. The van der Waals surface area contributed by atoms with Crippen LogP contribution in [0.5, 0.6) is 0 Å². The molecule has 2 heterocycles. The molecule has 134 valence electrons. The summed E-state index contributed by atoms with van der Waals surface area (Å²) in [6, 6.07) is 12.6. The summed E-state index contributed by atoms with van der Waals surface area (Å²) in [5, 5.41) is 8.65. The lowest BCUT2D eigenvalue weighted by molar-refractivity contribution is 0.206. The topological polar surface area (TPSA) is 72.9 Å². The van der Waals surface area contributed by atoms with Gasteiger partial charge in [0, 0.05) is 19.3 Å². The lowest BCUT2D eigenvalue weighted by atomic mass is 9.91. The molecular weight excluding hydrogens is 324 g/mol. The number of hydrogen-bond acceptors (Lipinski definition) is 5. The van der Waals surface area contributed by atoms with Gasteiger partial charge in [-0.05, 0) is 55.6 Å². The number of nitrogens with zero attached hydrogens (tertiary/aromatic N) is 5. The normalized spacial score (nSPS) is 16.7. The molecule has 0 saturated carbocycles. The average Bonchev–Trinajstić information content (AvgIpc) is 3.16. The molecule has 1 unspecified atom stereocenters. The fourth-order valence-corrected chi connectivity index (χ4v) is 3.70. The van der Waals surface area contributed by atoms with Gasteiger partial charge in [-0.15, -0.1) is 5.10 Å². The van der Waals surface area contributed by atoms with Crippen molar-refractivity contribution in [2.45, 2.75) is 38.4 Å². The molecule has 3 aromatic rings. The number of benzene rings is 1. The van der Waals surface area contributed by atoms with E-state index in [4.69, 9.17) is 5.73 Å². The Morgan fingerprint density at radius 1 is 1.27 bits per heavy atom. The van der Waals surface area contributed by atoms with Crippen LogP contribution < -0.4 is 5.73 Å². The van der Waals surface area contributed by atoms with Crippen LogP contribution in [0.25, 0.3) is 5.69 Å². The molecule has 0 aliphatic heterocycles. The number of rotatable bonds is 5. The van der Waals surface area contributed by atoms with Crippen LogP contribution in [-0.2, 0) is 19.5 Å². The summed E-state index contributed by atoms with van der Waals surface area (Å²) in [4.78, 5) is 6.97. The van der Waals surface area contributed by atoms with Crippen molar-refractivity contribution in [3.05, 3.63) is 71.3 Å². The van der Waals surface area contributed by atoms with Crippen LogP contribution in [0.15, 0.2) is 48.8 Å².